The fraction of sp³-hybridized carbons (Fsp3) is 0.438. The van der Waals surface area contributed by atoms with Crippen LogP contribution in [0.25, 0.3) is 0 Å². The van der Waals surface area contributed by atoms with Gasteiger partial charge in [-0.2, -0.15) is 0 Å². The second-order valence-corrected chi connectivity index (χ2v) is 5.76. The van der Waals surface area contributed by atoms with Crippen molar-refractivity contribution in [2.75, 3.05) is 44.7 Å². The third-order valence-electron chi connectivity index (χ3n) is 3.95. The molecule has 1 aliphatic heterocycles. The van der Waals surface area contributed by atoms with Gasteiger partial charge in [-0.3, -0.25) is 15.0 Å². The Morgan fingerprint density at radius 3 is 2.62 bits per heavy atom. The van der Waals surface area contributed by atoms with Gasteiger partial charge in [0.1, 0.15) is 5.69 Å². The number of benzene rings is 1. The first kappa shape index (κ1) is 18.0. The number of methoxy groups -OCH3 is 1. The van der Waals surface area contributed by atoms with Gasteiger partial charge in [-0.15, -0.1) is 12.3 Å². The molecule has 0 N–H and O–H groups in total. The molecule has 0 amide bonds. The number of hydrogen-bond donors (Lipinski definition) is 0. The minimum atomic E-state index is -0.700. The van der Waals surface area contributed by atoms with E-state index in [1.807, 2.05) is 4.90 Å². The van der Waals surface area contributed by atoms with Crippen LogP contribution in [0.4, 0.5) is 11.4 Å². The van der Waals surface area contributed by atoms with E-state index in [0.717, 1.165) is 19.6 Å². The molecule has 7 nitrogen and oxygen atoms in total. The van der Waals surface area contributed by atoms with Crippen LogP contribution >= 0.6 is 11.6 Å². The van der Waals surface area contributed by atoms with Crippen LogP contribution < -0.4 is 4.90 Å². The number of carbonyl (C=O) groups is 1. The maximum Gasteiger partial charge on any atom is 0.339 e. The summed E-state index contributed by atoms with van der Waals surface area (Å²) in [6, 6.07) is 2.64. The summed E-state index contributed by atoms with van der Waals surface area (Å²) in [5, 5.41) is 11.5. The molecule has 0 saturated carbocycles. The van der Waals surface area contributed by atoms with E-state index < -0.39 is 10.9 Å². The molecule has 0 aromatic heterocycles. The highest BCUT2D eigenvalue weighted by Gasteiger charge is 2.27. The van der Waals surface area contributed by atoms with E-state index in [1.54, 1.807) is 0 Å². The highest BCUT2D eigenvalue weighted by Crippen LogP contribution is 2.34. The third-order valence-corrected chi connectivity index (χ3v) is 4.26. The molecule has 1 aliphatic rings. The van der Waals surface area contributed by atoms with Gasteiger partial charge in [0.15, 0.2) is 0 Å². The standard InChI is InChI=1S/C16H18ClN3O4/c1-3-4-5-18-6-8-19(9-7-18)14-11-13(17)12(16(21)24-2)10-15(14)20(22)23/h1,10-11H,4-9H2,2H3. The van der Waals surface area contributed by atoms with Crippen LogP contribution in [0.15, 0.2) is 12.1 Å². The van der Waals surface area contributed by atoms with Gasteiger partial charge in [0.25, 0.3) is 5.69 Å². The van der Waals surface area contributed by atoms with Crippen LogP contribution in [0.2, 0.25) is 5.02 Å². The van der Waals surface area contributed by atoms with Crippen LogP contribution in [-0.4, -0.2) is 55.6 Å². The number of nitrogens with zero attached hydrogens (tertiary/aromatic N) is 3. The lowest BCUT2D eigenvalue weighted by atomic mass is 10.1. The minimum absolute atomic E-state index is 0.0118. The molecule has 2 rings (SSSR count). The van der Waals surface area contributed by atoms with Crippen LogP contribution in [-0.2, 0) is 4.74 Å². The molecule has 0 bridgehead atoms. The van der Waals surface area contributed by atoms with Crippen molar-refractivity contribution in [3.8, 4) is 12.3 Å². The van der Waals surface area contributed by atoms with Gasteiger partial charge in [-0.25, -0.2) is 4.79 Å². The van der Waals surface area contributed by atoms with E-state index in [9.17, 15) is 14.9 Å². The summed E-state index contributed by atoms with van der Waals surface area (Å²) in [6.45, 7) is 3.58. The van der Waals surface area contributed by atoms with Crippen molar-refractivity contribution in [1.82, 2.24) is 4.90 Å². The van der Waals surface area contributed by atoms with Crippen molar-refractivity contribution < 1.29 is 14.5 Å². The van der Waals surface area contributed by atoms with E-state index in [2.05, 4.69) is 15.6 Å². The second kappa shape index (κ2) is 7.99. The normalized spacial score (nSPS) is 15.0. The Morgan fingerprint density at radius 2 is 2.08 bits per heavy atom. The van der Waals surface area contributed by atoms with E-state index >= 15 is 0 Å². The molecule has 1 fully saturated rings. The van der Waals surface area contributed by atoms with Crippen molar-refractivity contribution in [3.63, 3.8) is 0 Å². The van der Waals surface area contributed by atoms with Gasteiger partial charge >= 0.3 is 5.97 Å². The number of carbonyl (C=O) groups excluding carboxylic acids is 1. The predicted octanol–water partition coefficient (Wildman–Crippen LogP) is 2.18. The van der Waals surface area contributed by atoms with Crippen LogP contribution in [0, 0.1) is 22.5 Å². The van der Waals surface area contributed by atoms with E-state index in [1.165, 1.54) is 19.2 Å². The number of esters is 1. The molecular formula is C16H18ClN3O4. The lowest BCUT2D eigenvalue weighted by molar-refractivity contribution is -0.384. The Morgan fingerprint density at radius 1 is 1.42 bits per heavy atom. The van der Waals surface area contributed by atoms with E-state index in [4.69, 9.17) is 18.0 Å². The number of piperazine rings is 1. The Bertz CT molecular complexity index is 679. The Hall–Kier alpha value is -2.30. The average Bonchev–Trinajstić information content (AvgIpc) is 2.59. The van der Waals surface area contributed by atoms with Crippen molar-refractivity contribution in [1.29, 1.82) is 0 Å². The first-order valence-electron chi connectivity index (χ1n) is 7.45. The highest BCUT2D eigenvalue weighted by atomic mass is 35.5. The first-order valence-corrected chi connectivity index (χ1v) is 7.82. The zero-order chi connectivity index (χ0) is 17.7. The zero-order valence-corrected chi connectivity index (χ0v) is 14.1. The monoisotopic (exact) mass is 351 g/mol. The summed E-state index contributed by atoms with van der Waals surface area (Å²) in [4.78, 5) is 26.7. The summed E-state index contributed by atoms with van der Waals surface area (Å²) in [5.74, 6) is 1.91. The lowest BCUT2D eigenvalue weighted by Crippen LogP contribution is -2.46. The van der Waals surface area contributed by atoms with Gasteiger partial charge in [0.05, 0.1) is 22.6 Å². The number of ether oxygens (including phenoxy) is 1. The van der Waals surface area contributed by atoms with Gasteiger partial charge in [0, 0.05) is 45.2 Å². The van der Waals surface area contributed by atoms with Crippen LogP contribution in [0.5, 0.6) is 0 Å². The van der Waals surface area contributed by atoms with Crippen LogP contribution in [0.3, 0.4) is 0 Å². The number of nitro groups is 1. The molecule has 0 atom stereocenters. The van der Waals surface area contributed by atoms with Crippen molar-refractivity contribution in [3.05, 3.63) is 32.8 Å². The zero-order valence-electron chi connectivity index (χ0n) is 13.3. The maximum atomic E-state index is 11.7. The van der Waals surface area contributed by atoms with Crippen molar-refractivity contribution in [2.24, 2.45) is 0 Å². The summed E-state index contributed by atoms with van der Waals surface area (Å²) < 4.78 is 4.61. The predicted molar refractivity (Wildman–Crippen MR) is 91.5 cm³/mol. The average molecular weight is 352 g/mol. The summed E-state index contributed by atoms with van der Waals surface area (Å²) in [7, 11) is 1.20. The summed E-state index contributed by atoms with van der Waals surface area (Å²) >= 11 is 6.11. The Balaban J connectivity index is 2.24. The molecule has 128 valence electrons. The molecule has 1 saturated heterocycles. The summed E-state index contributed by atoms with van der Waals surface area (Å²) in [6.07, 6.45) is 5.95. The molecule has 0 spiro atoms. The van der Waals surface area contributed by atoms with E-state index in [0.29, 0.717) is 25.2 Å². The number of hydrogen-bond acceptors (Lipinski definition) is 6. The fourth-order valence-electron chi connectivity index (χ4n) is 2.65. The highest BCUT2D eigenvalue weighted by molar-refractivity contribution is 6.34. The van der Waals surface area contributed by atoms with Crippen LogP contribution in [0.1, 0.15) is 16.8 Å². The van der Waals surface area contributed by atoms with Gasteiger partial charge in [-0.1, -0.05) is 11.6 Å². The smallest absolute Gasteiger partial charge is 0.339 e. The summed E-state index contributed by atoms with van der Waals surface area (Å²) in [5.41, 5.74) is 0.244. The molecule has 0 radical (unpaired) electrons. The quantitative estimate of drug-likeness (QED) is 0.350. The molecule has 24 heavy (non-hydrogen) atoms. The Kier molecular flexibility index (Phi) is 6.01. The minimum Gasteiger partial charge on any atom is -0.465 e. The largest absolute Gasteiger partial charge is 0.465 e. The van der Waals surface area contributed by atoms with E-state index in [-0.39, 0.29) is 16.3 Å². The number of anilines is 1. The molecule has 1 aromatic carbocycles. The number of halogens is 1. The molecule has 1 heterocycles. The topological polar surface area (TPSA) is 75.9 Å². The fourth-order valence-corrected chi connectivity index (χ4v) is 2.89. The van der Waals surface area contributed by atoms with Gasteiger partial charge < -0.3 is 9.64 Å². The first-order chi connectivity index (χ1) is 11.5. The number of nitro benzene ring substituents is 1. The molecule has 0 aliphatic carbocycles. The van der Waals surface area contributed by atoms with Crippen molar-refractivity contribution in [2.45, 2.75) is 6.42 Å². The van der Waals surface area contributed by atoms with Gasteiger partial charge in [-0.05, 0) is 6.07 Å². The molecule has 0 unspecified atom stereocenters. The Labute approximate surface area is 145 Å². The molecule has 8 heteroatoms. The lowest BCUT2D eigenvalue weighted by Gasteiger charge is -2.35. The third kappa shape index (κ3) is 3.96. The number of rotatable bonds is 5. The number of terminal acetylenes is 1. The molecular weight excluding hydrogens is 334 g/mol. The molecule has 1 aromatic rings. The van der Waals surface area contributed by atoms with Gasteiger partial charge in [0.2, 0.25) is 0 Å². The SMILES string of the molecule is C#CCCN1CCN(c2cc(Cl)c(C(=O)OC)cc2[N+](=O)[O-])CC1. The van der Waals surface area contributed by atoms with Crippen molar-refractivity contribution >= 4 is 28.9 Å². The maximum absolute atomic E-state index is 11.7. The second-order valence-electron chi connectivity index (χ2n) is 5.35.